The lowest BCUT2D eigenvalue weighted by molar-refractivity contribution is -0.137. The van der Waals surface area contributed by atoms with Gasteiger partial charge in [-0.1, -0.05) is 18.2 Å². The fourth-order valence-corrected chi connectivity index (χ4v) is 2.35. The maximum atomic E-state index is 12.9. The zero-order valence-electron chi connectivity index (χ0n) is 11.9. The van der Waals surface area contributed by atoms with Gasteiger partial charge < -0.3 is 10.1 Å². The second-order valence-corrected chi connectivity index (χ2v) is 5.51. The van der Waals surface area contributed by atoms with Gasteiger partial charge in [-0.2, -0.15) is 13.2 Å². The third-order valence-electron chi connectivity index (χ3n) is 2.87. The lowest BCUT2D eigenvalue weighted by atomic mass is 10.1. The summed E-state index contributed by atoms with van der Waals surface area (Å²) in [5.74, 6) is -1.54. The lowest BCUT2D eigenvalue weighted by Crippen LogP contribution is -2.30. The number of hydrogen-bond donors (Lipinski definition) is 1. The van der Waals surface area contributed by atoms with Gasteiger partial charge in [-0.25, -0.2) is 4.79 Å². The minimum absolute atomic E-state index is 0.306. The predicted molar refractivity (Wildman–Crippen MR) is 79.3 cm³/mol. The average molecular weight is 343 g/mol. The molecule has 4 nitrogen and oxygen atoms in total. The van der Waals surface area contributed by atoms with Crippen LogP contribution in [-0.4, -0.2) is 18.0 Å². The standard InChI is InChI=1S/C15H12F3NO3S/c1-9(22-14(21)12-7-4-8-23-12)13(20)19-11-6-3-2-5-10(11)15(16,17)18/h2-9H,1H3,(H,19,20)/t9-/m0/s1. The van der Waals surface area contributed by atoms with Crippen LogP contribution in [0.2, 0.25) is 0 Å². The molecule has 0 aliphatic rings. The third kappa shape index (κ3) is 4.32. The summed E-state index contributed by atoms with van der Waals surface area (Å²) in [6.07, 6.45) is -5.83. The van der Waals surface area contributed by atoms with Crippen molar-refractivity contribution in [3.8, 4) is 0 Å². The van der Waals surface area contributed by atoms with E-state index in [0.29, 0.717) is 4.88 Å². The van der Waals surface area contributed by atoms with Gasteiger partial charge in [0.15, 0.2) is 6.10 Å². The van der Waals surface area contributed by atoms with Crippen molar-refractivity contribution >= 4 is 28.9 Å². The van der Waals surface area contributed by atoms with E-state index in [1.807, 2.05) is 0 Å². The van der Waals surface area contributed by atoms with Gasteiger partial charge in [0.2, 0.25) is 0 Å². The number of hydrogen-bond acceptors (Lipinski definition) is 4. The number of alkyl halides is 3. The Morgan fingerprint density at radius 2 is 1.87 bits per heavy atom. The molecule has 1 atom stereocenters. The molecule has 1 aromatic heterocycles. The van der Waals surface area contributed by atoms with E-state index in [4.69, 9.17) is 4.74 Å². The van der Waals surface area contributed by atoms with Crippen molar-refractivity contribution in [2.24, 2.45) is 0 Å². The van der Waals surface area contributed by atoms with E-state index in [1.54, 1.807) is 11.4 Å². The molecule has 122 valence electrons. The molecule has 0 radical (unpaired) electrons. The first-order valence-corrected chi connectivity index (χ1v) is 7.38. The van der Waals surface area contributed by atoms with Crippen LogP contribution in [0.15, 0.2) is 41.8 Å². The number of benzene rings is 1. The number of para-hydroxylation sites is 1. The number of ether oxygens (including phenoxy) is 1. The van der Waals surface area contributed by atoms with Gasteiger partial charge in [0.1, 0.15) is 4.88 Å². The van der Waals surface area contributed by atoms with Gasteiger partial charge in [-0.05, 0) is 30.5 Å². The number of thiophene rings is 1. The fraction of sp³-hybridized carbons (Fsp3) is 0.200. The van der Waals surface area contributed by atoms with Crippen LogP contribution in [0.4, 0.5) is 18.9 Å². The van der Waals surface area contributed by atoms with Gasteiger partial charge in [-0.15, -0.1) is 11.3 Å². The minimum atomic E-state index is -4.60. The van der Waals surface area contributed by atoms with Crippen LogP contribution in [0.5, 0.6) is 0 Å². The van der Waals surface area contributed by atoms with Crippen LogP contribution >= 0.6 is 11.3 Å². The van der Waals surface area contributed by atoms with Crippen LogP contribution in [-0.2, 0) is 15.7 Å². The van der Waals surface area contributed by atoms with Gasteiger partial charge in [0.05, 0.1) is 11.3 Å². The van der Waals surface area contributed by atoms with Gasteiger partial charge in [0.25, 0.3) is 5.91 Å². The number of esters is 1. The van der Waals surface area contributed by atoms with Gasteiger partial charge >= 0.3 is 12.1 Å². The number of carbonyl (C=O) groups excluding carboxylic acids is 2. The van der Waals surface area contributed by atoms with Crippen LogP contribution in [0.25, 0.3) is 0 Å². The minimum Gasteiger partial charge on any atom is -0.448 e. The molecule has 0 unspecified atom stereocenters. The van der Waals surface area contributed by atoms with Crippen molar-refractivity contribution in [3.05, 3.63) is 52.2 Å². The normalized spacial score (nSPS) is 12.5. The highest BCUT2D eigenvalue weighted by Gasteiger charge is 2.34. The van der Waals surface area contributed by atoms with E-state index < -0.39 is 29.7 Å². The van der Waals surface area contributed by atoms with E-state index in [9.17, 15) is 22.8 Å². The average Bonchev–Trinajstić information content (AvgIpc) is 3.00. The second-order valence-electron chi connectivity index (χ2n) is 4.56. The first-order valence-electron chi connectivity index (χ1n) is 6.50. The monoisotopic (exact) mass is 343 g/mol. The molecule has 0 aliphatic carbocycles. The molecule has 0 spiro atoms. The number of halogens is 3. The molecule has 1 aromatic carbocycles. The predicted octanol–water partition coefficient (Wildman–Crippen LogP) is 3.95. The van der Waals surface area contributed by atoms with E-state index in [0.717, 1.165) is 23.5 Å². The second kappa shape index (κ2) is 6.82. The molecule has 0 saturated carbocycles. The van der Waals surface area contributed by atoms with Crippen LogP contribution in [0.1, 0.15) is 22.2 Å². The maximum Gasteiger partial charge on any atom is 0.418 e. The van der Waals surface area contributed by atoms with Crippen LogP contribution in [0, 0.1) is 0 Å². The number of anilines is 1. The van der Waals surface area contributed by atoms with Crippen molar-refractivity contribution in [1.82, 2.24) is 0 Å². The molecule has 23 heavy (non-hydrogen) atoms. The Morgan fingerprint density at radius 1 is 1.17 bits per heavy atom. The molecular formula is C15H12F3NO3S. The Hall–Kier alpha value is -2.35. The number of nitrogens with one attached hydrogen (secondary N) is 1. The molecule has 0 bridgehead atoms. The van der Waals surface area contributed by atoms with Gasteiger partial charge in [-0.3, -0.25) is 4.79 Å². The largest absolute Gasteiger partial charge is 0.448 e. The summed E-state index contributed by atoms with van der Waals surface area (Å²) in [4.78, 5) is 24.0. The molecule has 0 aliphatic heterocycles. The zero-order valence-corrected chi connectivity index (χ0v) is 12.7. The van der Waals surface area contributed by atoms with Crippen molar-refractivity contribution in [2.45, 2.75) is 19.2 Å². The van der Waals surface area contributed by atoms with Gasteiger partial charge in [0, 0.05) is 0 Å². The van der Waals surface area contributed by atoms with Crippen LogP contribution in [0.3, 0.4) is 0 Å². The van der Waals surface area contributed by atoms with Crippen molar-refractivity contribution < 1.29 is 27.5 Å². The molecule has 1 amide bonds. The van der Waals surface area contributed by atoms with Crippen molar-refractivity contribution in [1.29, 1.82) is 0 Å². The first-order chi connectivity index (χ1) is 10.8. The lowest BCUT2D eigenvalue weighted by Gasteiger charge is -2.16. The summed E-state index contributed by atoms with van der Waals surface area (Å²) in [6.45, 7) is 1.29. The summed E-state index contributed by atoms with van der Waals surface area (Å²) in [6, 6.07) is 7.75. The molecule has 2 rings (SSSR count). The number of carbonyl (C=O) groups is 2. The molecule has 0 saturated heterocycles. The van der Waals surface area contributed by atoms with E-state index in [-0.39, 0.29) is 5.69 Å². The van der Waals surface area contributed by atoms with Crippen LogP contribution < -0.4 is 5.32 Å². The smallest absolute Gasteiger partial charge is 0.418 e. The Morgan fingerprint density at radius 3 is 2.48 bits per heavy atom. The van der Waals surface area contributed by atoms with E-state index in [1.165, 1.54) is 25.1 Å². The van der Waals surface area contributed by atoms with Crippen molar-refractivity contribution in [2.75, 3.05) is 5.32 Å². The number of amides is 1. The van der Waals surface area contributed by atoms with E-state index in [2.05, 4.69) is 5.32 Å². The zero-order chi connectivity index (χ0) is 17.0. The molecule has 8 heteroatoms. The molecule has 1 N–H and O–H groups in total. The molecule has 2 aromatic rings. The van der Waals surface area contributed by atoms with E-state index >= 15 is 0 Å². The quantitative estimate of drug-likeness (QED) is 0.855. The highest BCUT2D eigenvalue weighted by atomic mass is 32.1. The Kier molecular flexibility index (Phi) is 5.05. The Balaban J connectivity index is 2.06. The summed E-state index contributed by atoms with van der Waals surface area (Å²) in [7, 11) is 0. The highest BCUT2D eigenvalue weighted by Crippen LogP contribution is 2.34. The fourth-order valence-electron chi connectivity index (χ4n) is 1.74. The molecule has 1 heterocycles. The Bertz CT molecular complexity index is 698. The summed E-state index contributed by atoms with van der Waals surface area (Å²) in [5, 5.41) is 3.80. The Labute approximate surface area is 133 Å². The van der Waals surface area contributed by atoms with Crippen molar-refractivity contribution in [3.63, 3.8) is 0 Å². The topological polar surface area (TPSA) is 55.4 Å². The summed E-state index contributed by atoms with van der Waals surface area (Å²) >= 11 is 1.14. The third-order valence-corrected chi connectivity index (χ3v) is 3.72. The molecular weight excluding hydrogens is 331 g/mol. The summed E-state index contributed by atoms with van der Waals surface area (Å²) < 4.78 is 43.5. The molecule has 0 fully saturated rings. The highest BCUT2D eigenvalue weighted by molar-refractivity contribution is 7.11. The maximum absolute atomic E-state index is 12.9. The SMILES string of the molecule is C[C@H](OC(=O)c1cccs1)C(=O)Nc1ccccc1C(F)(F)F. The summed E-state index contributed by atoms with van der Waals surface area (Å²) in [5.41, 5.74) is -1.35. The number of rotatable bonds is 4. The first kappa shape index (κ1) is 17.0.